The summed E-state index contributed by atoms with van der Waals surface area (Å²) >= 11 is 7.00. The lowest BCUT2D eigenvalue weighted by Gasteiger charge is -2.08. The van der Waals surface area contributed by atoms with E-state index in [1.165, 1.54) is 35.9 Å². The summed E-state index contributed by atoms with van der Waals surface area (Å²) in [5.74, 6) is -0.447. The van der Waals surface area contributed by atoms with Crippen molar-refractivity contribution in [3.63, 3.8) is 0 Å². The number of nitrogen functional groups attached to an aromatic ring is 1. The van der Waals surface area contributed by atoms with Gasteiger partial charge in [0, 0.05) is 11.4 Å². The molecule has 140 valence electrons. The van der Waals surface area contributed by atoms with Crippen molar-refractivity contribution in [2.45, 2.75) is 0 Å². The second kappa shape index (κ2) is 7.41. The smallest absolute Gasteiger partial charge is 0.267 e. The maximum atomic E-state index is 13.4. The van der Waals surface area contributed by atoms with Crippen molar-refractivity contribution in [2.24, 2.45) is 0 Å². The third-order valence-corrected chi connectivity index (χ3v) is 5.35. The summed E-state index contributed by atoms with van der Waals surface area (Å²) in [4.78, 5) is 22.0. The van der Waals surface area contributed by atoms with Gasteiger partial charge < -0.3 is 16.4 Å². The number of rotatable bonds is 4. The number of benzene rings is 2. The highest BCUT2D eigenvalue weighted by Gasteiger charge is 2.20. The van der Waals surface area contributed by atoms with E-state index in [-0.39, 0.29) is 16.6 Å². The van der Waals surface area contributed by atoms with Crippen molar-refractivity contribution < 1.29 is 9.18 Å². The molecule has 0 atom stereocenters. The standard InChI is InChI=1S/C19H13ClFN5OS/c20-12-8-11(6-7-13(12)21)25-17-14-15(22)16(28-19(14)24-9-23-17)18(27)26-10-4-2-1-3-5-10/h1-9H,22H2,(H,26,27)(H,23,24,25). The maximum Gasteiger partial charge on any atom is 0.267 e. The Morgan fingerprint density at radius 2 is 1.89 bits per heavy atom. The maximum absolute atomic E-state index is 13.4. The minimum Gasteiger partial charge on any atom is -0.397 e. The summed E-state index contributed by atoms with van der Waals surface area (Å²) in [6, 6.07) is 13.3. The largest absolute Gasteiger partial charge is 0.397 e. The molecule has 0 aliphatic heterocycles. The van der Waals surface area contributed by atoms with Crippen LogP contribution in [0.4, 0.5) is 27.3 Å². The molecule has 9 heteroatoms. The Morgan fingerprint density at radius 1 is 1.11 bits per heavy atom. The van der Waals surface area contributed by atoms with Crippen LogP contribution in [-0.2, 0) is 0 Å². The summed E-state index contributed by atoms with van der Waals surface area (Å²) in [6.07, 6.45) is 1.37. The van der Waals surface area contributed by atoms with Gasteiger partial charge in [-0.15, -0.1) is 11.3 Å². The first-order chi connectivity index (χ1) is 13.5. The van der Waals surface area contributed by atoms with Crippen molar-refractivity contribution in [3.05, 3.63) is 70.6 Å². The van der Waals surface area contributed by atoms with Gasteiger partial charge in [-0.2, -0.15) is 0 Å². The first kappa shape index (κ1) is 18.1. The van der Waals surface area contributed by atoms with Crippen LogP contribution >= 0.6 is 22.9 Å². The number of hydrogen-bond donors (Lipinski definition) is 3. The van der Waals surface area contributed by atoms with E-state index in [1.54, 1.807) is 12.1 Å². The number of halogens is 2. The highest BCUT2D eigenvalue weighted by atomic mass is 35.5. The monoisotopic (exact) mass is 413 g/mol. The topological polar surface area (TPSA) is 92.9 Å². The number of nitrogens with two attached hydrogens (primary N) is 1. The molecule has 0 bridgehead atoms. The van der Waals surface area contributed by atoms with E-state index >= 15 is 0 Å². The number of hydrogen-bond acceptors (Lipinski definition) is 6. The number of carbonyl (C=O) groups is 1. The fourth-order valence-electron chi connectivity index (χ4n) is 2.64. The fraction of sp³-hybridized carbons (Fsp3) is 0. The summed E-state index contributed by atoms with van der Waals surface area (Å²) < 4.78 is 13.4. The Balaban J connectivity index is 1.70. The second-order valence-corrected chi connectivity index (χ2v) is 7.23. The number of aromatic nitrogens is 2. The van der Waals surface area contributed by atoms with Gasteiger partial charge in [0.2, 0.25) is 0 Å². The highest BCUT2D eigenvalue weighted by Crippen LogP contribution is 2.37. The highest BCUT2D eigenvalue weighted by molar-refractivity contribution is 7.21. The molecule has 28 heavy (non-hydrogen) atoms. The number of nitrogens with one attached hydrogen (secondary N) is 2. The van der Waals surface area contributed by atoms with Crippen LogP contribution in [0.2, 0.25) is 5.02 Å². The molecule has 2 aromatic carbocycles. The molecule has 6 nitrogen and oxygen atoms in total. The lowest BCUT2D eigenvalue weighted by Crippen LogP contribution is -2.11. The molecule has 0 saturated carbocycles. The molecular weight excluding hydrogens is 401 g/mol. The molecule has 0 aliphatic carbocycles. The average Bonchev–Trinajstić information content (AvgIpc) is 3.03. The summed E-state index contributed by atoms with van der Waals surface area (Å²) in [5, 5.41) is 6.36. The third-order valence-electron chi connectivity index (χ3n) is 3.95. The van der Waals surface area contributed by atoms with Gasteiger partial charge in [-0.05, 0) is 30.3 Å². The first-order valence-corrected chi connectivity index (χ1v) is 9.34. The minimum atomic E-state index is -0.519. The zero-order chi connectivity index (χ0) is 19.7. The zero-order valence-corrected chi connectivity index (χ0v) is 15.8. The van der Waals surface area contributed by atoms with Gasteiger partial charge in [0.15, 0.2) is 0 Å². The van der Waals surface area contributed by atoms with Crippen LogP contribution in [0.3, 0.4) is 0 Å². The summed E-state index contributed by atoms with van der Waals surface area (Å²) in [7, 11) is 0. The van der Waals surface area contributed by atoms with Crippen LogP contribution in [-0.4, -0.2) is 15.9 Å². The Bertz CT molecular complexity index is 1180. The van der Waals surface area contributed by atoms with Crippen molar-refractivity contribution in [1.29, 1.82) is 0 Å². The van der Waals surface area contributed by atoms with Gasteiger partial charge in [-0.25, -0.2) is 14.4 Å². The lowest BCUT2D eigenvalue weighted by atomic mass is 10.2. The molecule has 0 unspecified atom stereocenters. The zero-order valence-electron chi connectivity index (χ0n) is 14.2. The number of nitrogens with zero attached hydrogens (tertiary/aromatic N) is 2. The third kappa shape index (κ3) is 3.47. The van der Waals surface area contributed by atoms with E-state index < -0.39 is 5.82 Å². The molecule has 4 aromatic rings. The predicted octanol–water partition coefficient (Wildman–Crippen LogP) is 5.06. The minimum absolute atomic E-state index is 0.0171. The van der Waals surface area contributed by atoms with Crippen molar-refractivity contribution in [1.82, 2.24) is 9.97 Å². The van der Waals surface area contributed by atoms with E-state index in [4.69, 9.17) is 17.3 Å². The van der Waals surface area contributed by atoms with E-state index in [2.05, 4.69) is 20.6 Å². The molecule has 0 saturated heterocycles. The molecule has 0 fully saturated rings. The van der Waals surface area contributed by atoms with E-state index in [9.17, 15) is 9.18 Å². The van der Waals surface area contributed by atoms with Crippen LogP contribution in [0.5, 0.6) is 0 Å². The van der Waals surface area contributed by atoms with E-state index in [0.29, 0.717) is 32.3 Å². The van der Waals surface area contributed by atoms with Crippen LogP contribution in [0.1, 0.15) is 9.67 Å². The number of para-hydroxylation sites is 1. The number of thiophene rings is 1. The number of fused-ring (bicyclic) bond motifs is 1. The molecule has 4 N–H and O–H groups in total. The SMILES string of the molecule is Nc1c(C(=O)Nc2ccccc2)sc2ncnc(Nc3ccc(F)c(Cl)c3)c12. The fourth-order valence-corrected chi connectivity index (χ4v) is 3.78. The Kier molecular flexibility index (Phi) is 4.81. The number of carbonyl (C=O) groups excluding carboxylic acids is 1. The number of anilines is 4. The summed E-state index contributed by atoms with van der Waals surface area (Å²) in [6.45, 7) is 0. The molecule has 0 spiro atoms. The first-order valence-electron chi connectivity index (χ1n) is 8.14. The molecule has 1 amide bonds. The Morgan fingerprint density at radius 3 is 2.64 bits per heavy atom. The van der Waals surface area contributed by atoms with Gasteiger partial charge in [-0.1, -0.05) is 29.8 Å². The molecular formula is C19H13ClFN5OS. The van der Waals surface area contributed by atoms with E-state index in [1.807, 2.05) is 18.2 Å². The molecule has 0 radical (unpaired) electrons. The molecule has 4 rings (SSSR count). The van der Waals surface area contributed by atoms with Crippen LogP contribution < -0.4 is 16.4 Å². The quantitative estimate of drug-likeness (QED) is 0.434. The van der Waals surface area contributed by atoms with Gasteiger partial charge in [-0.3, -0.25) is 4.79 Å². The molecule has 0 aliphatic rings. The van der Waals surface area contributed by atoms with Gasteiger partial charge in [0.1, 0.15) is 27.7 Å². The average molecular weight is 414 g/mol. The van der Waals surface area contributed by atoms with Gasteiger partial charge in [0.05, 0.1) is 16.1 Å². The van der Waals surface area contributed by atoms with Crippen molar-refractivity contribution in [2.75, 3.05) is 16.4 Å². The normalized spacial score (nSPS) is 10.8. The van der Waals surface area contributed by atoms with Crippen molar-refractivity contribution in [3.8, 4) is 0 Å². The van der Waals surface area contributed by atoms with Crippen LogP contribution in [0.15, 0.2) is 54.9 Å². The predicted molar refractivity (Wildman–Crippen MR) is 111 cm³/mol. The van der Waals surface area contributed by atoms with Gasteiger partial charge >= 0.3 is 0 Å². The Hall–Kier alpha value is -3.23. The Labute approximate surface area is 168 Å². The molecule has 2 heterocycles. The van der Waals surface area contributed by atoms with Gasteiger partial charge in [0.25, 0.3) is 5.91 Å². The second-order valence-electron chi connectivity index (χ2n) is 5.82. The van der Waals surface area contributed by atoms with Crippen molar-refractivity contribution >= 4 is 61.9 Å². The van der Waals surface area contributed by atoms with Crippen LogP contribution in [0, 0.1) is 5.82 Å². The molecule has 2 aromatic heterocycles. The summed E-state index contributed by atoms with van der Waals surface area (Å²) in [5.41, 5.74) is 7.71. The number of amides is 1. The lowest BCUT2D eigenvalue weighted by molar-refractivity contribution is 0.103. The van der Waals surface area contributed by atoms with E-state index in [0.717, 1.165) is 0 Å². The van der Waals surface area contributed by atoms with Crippen LogP contribution in [0.25, 0.3) is 10.2 Å².